The van der Waals surface area contributed by atoms with Gasteiger partial charge in [-0.1, -0.05) is 47.6 Å². The van der Waals surface area contributed by atoms with Crippen LogP contribution in [-0.4, -0.2) is 11.5 Å². The van der Waals surface area contributed by atoms with E-state index in [0.717, 1.165) is 11.1 Å². The van der Waals surface area contributed by atoms with Crippen molar-refractivity contribution in [3.05, 3.63) is 76.4 Å². The lowest BCUT2D eigenvalue weighted by Gasteiger charge is -2.06. The van der Waals surface area contributed by atoms with Crippen LogP contribution in [0.1, 0.15) is 11.1 Å². The highest BCUT2D eigenvalue weighted by atomic mass is 16.5. The minimum absolute atomic E-state index is 0.325. The quantitative estimate of drug-likeness (QED) is 0.450. The Labute approximate surface area is 117 Å². The Morgan fingerprint density at radius 1 is 1.25 bits per heavy atom. The van der Waals surface area contributed by atoms with Gasteiger partial charge in [0.1, 0.15) is 12.4 Å². The predicted molar refractivity (Wildman–Crippen MR) is 78.1 cm³/mol. The molecule has 0 radical (unpaired) electrons. The van der Waals surface area contributed by atoms with Gasteiger partial charge in [-0.25, -0.2) is 0 Å². The molecule has 0 saturated carbocycles. The van der Waals surface area contributed by atoms with Crippen LogP contribution in [0.2, 0.25) is 0 Å². The van der Waals surface area contributed by atoms with E-state index in [1.165, 1.54) is 0 Å². The maximum atomic E-state index is 8.18. The van der Waals surface area contributed by atoms with Gasteiger partial charge in [0, 0.05) is 17.7 Å². The third kappa shape index (κ3) is 4.48. The maximum absolute atomic E-state index is 8.18. The highest BCUT2D eigenvalue weighted by Crippen LogP contribution is 2.14. The van der Waals surface area contributed by atoms with Crippen molar-refractivity contribution >= 4 is 6.08 Å². The van der Waals surface area contributed by atoms with Crippen LogP contribution in [0, 0.1) is 0 Å². The third-order valence-corrected chi connectivity index (χ3v) is 2.54. The van der Waals surface area contributed by atoms with Crippen molar-refractivity contribution in [1.29, 1.82) is 0 Å². The number of azide groups is 1. The highest BCUT2D eigenvalue weighted by molar-refractivity contribution is 5.50. The largest absolute Gasteiger partial charge is 0.487 e. The van der Waals surface area contributed by atoms with Crippen LogP contribution in [0.4, 0.5) is 0 Å². The van der Waals surface area contributed by atoms with Crippen LogP contribution in [-0.2, 0) is 6.61 Å². The smallest absolute Gasteiger partial charge is 0.138 e. The monoisotopic (exact) mass is 266 g/mol. The van der Waals surface area contributed by atoms with Gasteiger partial charge >= 0.3 is 0 Å². The minimum Gasteiger partial charge on any atom is -0.487 e. The molecule has 0 fully saturated rings. The average molecular weight is 266 g/mol. The molecule has 0 bridgehead atoms. The van der Waals surface area contributed by atoms with E-state index in [1.807, 2.05) is 42.5 Å². The van der Waals surface area contributed by atoms with Gasteiger partial charge in [0.2, 0.25) is 0 Å². The lowest BCUT2D eigenvalue weighted by atomic mass is 10.2. The molecule has 0 amide bonds. The van der Waals surface area contributed by atoms with E-state index >= 15 is 0 Å². The minimum atomic E-state index is 0.325. The fourth-order valence-corrected chi connectivity index (χ4v) is 1.62. The number of hydrogen-bond acceptors (Lipinski definition) is 3. The Kier molecular flexibility index (Phi) is 5.19. The molecule has 2 aromatic rings. The molecule has 5 heteroatoms. The fraction of sp³-hybridized carbons (Fsp3) is 0.133. The first-order valence-electron chi connectivity index (χ1n) is 6.17. The summed E-state index contributed by atoms with van der Waals surface area (Å²) < 4.78 is 5.68. The molecule has 0 aliphatic carbocycles. The zero-order valence-corrected chi connectivity index (χ0v) is 10.9. The summed E-state index contributed by atoms with van der Waals surface area (Å²) in [5, 5.41) is 3.43. The van der Waals surface area contributed by atoms with Gasteiger partial charge in [0.05, 0.1) is 6.20 Å². The molecule has 2 rings (SSSR count). The predicted octanol–water partition coefficient (Wildman–Crippen LogP) is 3.98. The Balaban J connectivity index is 1.95. The second kappa shape index (κ2) is 7.61. The number of aromatic nitrogens is 1. The van der Waals surface area contributed by atoms with Gasteiger partial charge in [-0.3, -0.25) is 4.98 Å². The summed E-state index contributed by atoms with van der Waals surface area (Å²) in [4.78, 5) is 6.80. The van der Waals surface area contributed by atoms with Crippen LogP contribution in [0.5, 0.6) is 5.75 Å². The SMILES string of the molecule is [N-]=[N+]=NCC=Cc1cncc(OCc2ccccc2)c1. The lowest BCUT2D eigenvalue weighted by Crippen LogP contribution is -1.95. The van der Waals surface area contributed by atoms with Gasteiger partial charge in [-0.15, -0.1) is 0 Å². The van der Waals surface area contributed by atoms with Crippen molar-refractivity contribution in [2.45, 2.75) is 6.61 Å². The standard InChI is InChI=1S/C15H14N4O/c16-19-18-8-4-7-14-9-15(11-17-10-14)20-12-13-5-2-1-3-6-13/h1-7,9-11H,8,12H2. The second-order valence-electron chi connectivity index (χ2n) is 4.04. The van der Waals surface area contributed by atoms with Crippen molar-refractivity contribution in [3.8, 4) is 5.75 Å². The summed E-state index contributed by atoms with van der Waals surface area (Å²) >= 11 is 0. The fourth-order valence-electron chi connectivity index (χ4n) is 1.62. The first-order chi connectivity index (χ1) is 9.88. The van der Waals surface area contributed by atoms with E-state index in [0.29, 0.717) is 18.9 Å². The summed E-state index contributed by atoms with van der Waals surface area (Å²) in [6.07, 6.45) is 7.02. The Hall–Kier alpha value is -2.78. The van der Waals surface area contributed by atoms with Gasteiger partial charge in [-0.2, -0.15) is 0 Å². The van der Waals surface area contributed by atoms with E-state index in [9.17, 15) is 0 Å². The molecular formula is C15H14N4O. The van der Waals surface area contributed by atoms with Crippen molar-refractivity contribution in [3.63, 3.8) is 0 Å². The Morgan fingerprint density at radius 2 is 2.10 bits per heavy atom. The van der Waals surface area contributed by atoms with E-state index in [2.05, 4.69) is 15.0 Å². The topological polar surface area (TPSA) is 70.9 Å². The molecular weight excluding hydrogens is 252 g/mol. The van der Waals surface area contributed by atoms with Crippen LogP contribution in [0.3, 0.4) is 0 Å². The molecule has 0 spiro atoms. The van der Waals surface area contributed by atoms with Gasteiger partial charge in [-0.05, 0) is 22.7 Å². The molecule has 0 unspecified atom stereocenters. The zero-order valence-electron chi connectivity index (χ0n) is 10.9. The molecule has 0 atom stereocenters. The van der Waals surface area contributed by atoms with E-state index in [4.69, 9.17) is 10.3 Å². The lowest BCUT2D eigenvalue weighted by molar-refractivity contribution is 0.305. The summed E-state index contributed by atoms with van der Waals surface area (Å²) in [6, 6.07) is 11.8. The second-order valence-corrected chi connectivity index (χ2v) is 4.04. The van der Waals surface area contributed by atoms with Crippen molar-refractivity contribution in [2.24, 2.45) is 5.11 Å². The van der Waals surface area contributed by atoms with Crippen molar-refractivity contribution in [2.75, 3.05) is 6.54 Å². The van der Waals surface area contributed by atoms with E-state index in [1.54, 1.807) is 18.5 Å². The summed E-state index contributed by atoms with van der Waals surface area (Å²) in [5.41, 5.74) is 10.2. The maximum Gasteiger partial charge on any atom is 0.138 e. The van der Waals surface area contributed by atoms with Crippen molar-refractivity contribution in [1.82, 2.24) is 4.98 Å². The number of rotatable bonds is 6. The van der Waals surface area contributed by atoms with E-state index in [-0.39, 0.29) is 0 Å². The molecule has 100 valence electrons. The third-order valence-electron chi connectivity index (χ3n) is 2.54. The first-order valence-corrected chi connectivity index (χ1v) is 6.17. The van der Waals surface area contributed by atoms with Crippen LogP contribution < -0.4 is 4.74 Å². The Morgan fingerprint density at radius 3 is 2.90 bits per heavy atom. The molecule has 1 aromatic heterocycles. The van der Waals surface area contributed by atoms with Crippen molar-refractivity contribution < 1.29 is 4.74 Å². The van der Waals surface area contributed by atoms with Gasteiger partial charge < -0.3 is 4.74 Å². The number of ether oxygens (including phenoxy) is 1. The van der Waals surface area contributed by atoms with Gasteiger partial charge in [0.25, 0.3) is 0 Å². The normalized spacial score (nSPS) is 10.2. The molecule has 0 N–H and O–H groups in total. The zero-order chi connectivity index (χ0) is 14.0. The number of hydrogen-bond donors (Lipinski definition) is 0. The molecule has 20 heavy (non-hydrogen) atoms. The van der Waals surface area contributed by atoms with Gasteiger partial charge in [0.15, 0.2) is 0 Å². The summed E-state index contributed by atoms with van der Waals surface area (Å²) in [6.45, 7) is 0.833. The van der Waals surface area contributed by atoms with Crippen LogP contribution in [0.15, 0.2) is 60.0 Å². The van der Waals surface area contributed by atoms with E-state index < -0.39 is 0 Å². The number of pyridine rings is 1. The molecule has 1 aromatic carbocycles. The number of benzene rings is 1. The molecule has 1 heterocycles. The molecule has 0 aliphatic rings. The van der Waals surface area contributed by atoms with Crippen LogP contribution in [0.25, 0.3) is 16.5 Å². The molecule has 0 aliphatic heterocycles. The Bertz CT molecular complexity index is 619. The first kappa shape index (κ1) is 13.6. The molecule has 0 saturated heterocycles. The summed E-state index contributed by atoms with van der Waals surface area (Å²) in [5.74, 6) is 0.708. The summed E-state index contributed by atoms with van der Waals surface area (Å²) in [7, 11) is 0. The average Bonchev–Trinajstić information content (AvgIpc) is 2.51. The highest BCUT2D eigenvalue weighted by Gasteiger charge is 1.97. The molecule has 5 nitrogen and oxygen atoms in total. The number of nitrogens with zero attached hydrogens (tertiary/aromatic N) is 4. The van der Waals surface area contributed by atoms with Crippen LogP contribution >= 0.6 is 0 Å².